The number of thioether (sulfide) groups is 1. The van der Waals surface area contributed by atoms with Gasteiger partial charge in [-0.2, -0.15) is 0 Å². The van der Waals surface area contributed by atoms with Crippen LogP contribution in [0.3, 0.4) is 0 Å². The molecule has 10 nitrogen and oxygen atoms in total. The second-order valence-electron chi connectivity index (χ2n) is 9.56. The summed E-state index contributed by atoms with van der Waals surface area (Å²) in [5.74, 6) is -0.369. The number of fused-ring (bicyclic) bond motifs is 1. The van der Waals surface area contributed by atoms with Crippen molar-refractivity contribution in [2.45, 2.75) is 68.2 Å². The van der Waals surface area contributed by atoms with Crippen LogP contribution in [0.25, 0.3) is 11.2 Å². The molecule has 0 amide bonds. The summed E-state index contributed by atoms with van der Waals surface area (Å²) in [7, 11) is 0. The molecule has 2 fully saturated rings. The molecule has 200 valence electrons. The summed E-state index contributed by atoms with van der Waals surface area (Å²) in [5, 5.41) is 42.7. The lowest BCUT2D eigenvalue weighted by molar-refractivity contribution is -0.0629. The molecular weight excluding hydrogens is 506 g/mol. The second kappa shape index (κ2) is 10.7. The number of hydrogen-bond donors (Lipinski definition) is 4. The van der Waals surface area contributed by atoms with Crippen molar-refractivity contribution in [1.29, 1.82) is 0 Å². The SMILES string of the molecule is CCCSc1nc(N[C@H]2C(c3ccc(F)c(F)c3)[C@H]2C)c2nnn(C3CC(OCCO)[C@@H](O)[C@H]3O)c2n1. The van der Waals surface area contributed by atoms with Crippen molar-refractivity contribution < 1.29 is 28.8 Å². The van der Waals surface area contributed by atoms with E-state index in [0.717, 1.165) is 18.2 Å². The van der Waals surface area contributed by atoms with Crippen molar-refractivity contribution in [3.05, 3.63) is 35.4 Å². The molecule has 3 aromatic rings. The first-order valence-corrected chi connectivity index (χ1v) is 13.4. The summed E-state index contributed by atoms with van der Waals surface area (Å²) in [6, 6.07) is 3.25. The maximum absolute atomic E-state index is 13.8. The van der Waals surface area contributed by atoms with Crippen molar-refractivity contribution in [1.82, 2.24) is 25.0 Å². The van der Waals surface area contributed by atoms with Crippen molar-refractivity contribution in [3.8, 4) is 0 Å². The molecule has 2 aromatic heterocycles. The quantitative estimate of drug-likeness (QED) is 0.225. The fourth-order valence-corrected chi connectivity index (χ4v) is 5.74. The number of hydrogen-bond acceptors (Lipinski definition) is 10. The summed E-state index contributed by atoms with van der Waals surface area (Å²) in [6.07, 6.45) is -1.78. The first-order valence-electron chi connectivity index (χ1n) is 12.4. The van der Waals surface area contributed by atoms with Crippen LogP contribution in [0.4, 0.5) is 14.6 Å². The Kier molecular flexibility index (Phi) is 7.59. The third-order valence-corrected chi connectivity index (χ3v) is 8.14. The van der Waals surface area contributed by atoms with Gasteiger partial charge in [0.1, 0.15) is 12.2 Å². The lowest BCUT2D eigenvalue weighted by atomic mass is 10.1. The lowest BCUT2D eigenvalue weighted by Gasteiger charge is -2.17. The molecule has 4 N–H and O–H groups in total. The summed E-state index contributed by atoms with van der Waals surface area (Å²) in [5.41, 5.74) is 1.52. The Morgan fingerprint density at radius 2 is 2.00 bits per heavy atom. The molecule has 0 radical (unpaired) electrons. The van der Waals surface area contributed by atoms with E-state index in [-0.39, 0.29) is 37.5 Å². The van der Waals surface area contributed by atoms with Gasteiger partial charge in [0.2, 0.25) is 0 Å². The van der Waals surface area contributed by atoms with Gasteiger partial charge in [0.15, 0.2) is 33.8 Å². The molecular formula is C24H30F2N6O4S. The Balaban J connectivity index is 1.45. The van der Waals surface area contributed by atoms with E-state index >= 15 is 0 Å². The van der Waals surface area contributed by atoms with Gasteiger partial charge in [-0.05, 0) is 30.0 Å². The molecule has 2 saturated carbocycles. The molecule has 2 aliphatic carbocycles. The monoisotopic (exact) mass is 536 g/mol. The Labute approximate surface area is 216 Å². The van der Waals surface area contributed by atoms with Gasteiger partial charge in [0.05, 0.1) is 25.4 Å². The minimum Gasteiger partial charge on any atom is -0.394 e. The zero-order chi connectivity index (χ0) is 26.3. The van der Waals surface area contributed by atoms with Crippen LogP contribution in [0.5, 0.6) is 0 Å². The molecule has 0 bridgehead atoms. The molecule has 0 spiro atoms. The molecule has 37 heavy (non-hydrogen) atoms. The highest BCUT2D eigenvalue weighted by molar-refractivity contribution is 7.99. The fraction of sp³-hybridized carbons (Fsp3) is 0.583. The third kappa shape index (κ3) is 5.02. The van der Waals surface area contributed by atoms with Gasteiger partial charge in [0.25, 0.3) is 0 Å². The highest BCUT2D eigenvalue weighted by atomic mass is 32.2. The zero-order valence-corrected chi connectivity index (χ0v) is 21.3. The largest absolute Gasteiger partial charge is 0.394 e. The molecule has 7 atom stereocenters. The molecule has 5 rings (SSSR count). The Morgan fingerprint density at radius 1 is 1.19 bits per heavy atom. The van der Waals surface area contributed by atoms with Crippen LogP contribution >= 0.6 is 11.8 Å². The van der Waals surface area contributed by atoms with E-state index in [1.165, 1.54) is 22.5 Å². The number of nitrogens with one attached hydrogen (secondary N) is 1. The minimum atomic E-state index is -1.16. The number of aliphatic hydroxyl groups is 3. The normalized spacial score (nSPS) is 29.2. The maximum atomic E-state index is 13.8. The van der Waals surface area contributed by atoms with Gasteiger partial charge in [-0.15, -0.1) is 5.10 Å². The first kappa shape index (κ1) is 26.2. The summed E-state index contributed by atoms with van der Waals surface area (Å²) in [6.45, 7) is 3.93. The highest BCUT2D eigenvalue weighted by Gasteiger charge is 2.49. The van der Waals surface area contributed by atoms with Gasteiger partial charge in [-0.25, -0.2) is 23.4 Å². The van der Waals surface area contributed by atoms with E-state index in [4.69, 9.17) is 9.84 Å². The van der Waals surface area contributed by atoms with Gasteiger partial charge < -0.3 is 25.4 Å². The van der Waals surface area contributed by atoms with Crippen LogP contribution in [-0.4, -0.2) is 83.6 Å². The lowest BCUT2D eigenvalue weighted by Crippen LogP contribution is -2.33. The second-order valence-corrected chi connectivity index (χ2v) is 10.6. The molecule has 2 heterocycles. The number of ether oxygens (including phenoxy) is 1. The Morgan fingerprint density at radius 3 is 2.73 bits per heavy atom. The molecule has 1 aromatic carbocycles. The van der Waals surface area contributed by atoms with Crippen molar-refractivity contribution in [2.24, 2.45) is 5.92 Å². The maximum Gasteiger partial charge on any atom is 0.191 e. The van der Waals surface area contributed by atoms with Crippen LogP contribution in [0, 0.1) is 17.6 Å². The Bertz CT molecular complexity index is 1270. The minimum absolute atomic E-state index is 0.0295. The third-order valence-electron chi connectivity index (χ3n) is 7.09. The van der Waals surface area contributed by atoms with Crippen molar-refractivity contribution >= 4 is 28.7 Å². The van der Waals surface area contributed by atoms with E-state index in [0.29, 0.717) is 27.7 Å². The van der Waals surface area contributed by atoms with E-state index in [1.54, 1.807) is 6.07 Å². The van der Waals surface area contributed by atoms with Gasteiger partial charge in [-0.3, -0.25) is 0 Å². The van der Waals surface area contributed by atoms with E-state index in [2.05, 4.69) is 32.5 Å². The molecule has 0 aliphatic heterocycles. The van der Waals surface area contributed by atoms with Crippen LogP contribution in [0.15, 0.2) is 23.4 Å². The van der Waals surface area contributed by atoms with E-state index in [1.807, 2.05) is 6.92 Å². The topological polar surface area (TPSA) is 138 Å². The number of halogens is 2. The van der Waals surface area contributed by atoms with Gasteiger partial charge in [0, 0.05) is 24.1 Å². The average Bonchev–Trinajstić information content (AvgIpc) is 3.19. The van der Waals surface area contributed by atoms with Crippen molar-refractivity contribution in [2.75, 3.05) is 24.3 Å². The molecule has 2 aliphatic rings. The van der Waals surface area contributed by atoms with Crippen LogP contribution < -0.4 is 5.32 Å². The number of nitrogens with zero attached hydrogens (tertiary/aromatic N) is 5. The predicted molar refractivity (Wildman–Crippen MR) is 132 cm³/mol. The number of rotatable bonds is 10. The first-order chi connectivity index (χ1) is 17.8. The van der Waals surface area contributed by atoms with E-state index < -0.39 is 36.0 Å². The van der Waals surface area contributed by atoms with Crippen LogP contribution in [0.2, 0.25) is 0 Å². The standard InChI is InChI=1S/C24H30F2N6O4S/c1-3-8-37-24-28-22(27-18-11(2)17(18)12-4-5-13(25)14(26)9-12)19-23(29-24)32(31-30-19)15-10-16(36-7-6-33)21(35)20(15)34/h4-5,9,11,15-18,20-21,33-35H,3,6-8,10H2,1-2H3,(H,27,28,29)/t11-,15?,16?,17?,18-,20+,21-/m1/s1. The Hall–Kier alpha value is -2.45. The fourth-order valence-electron chi connectivity index (χ4n) is 5.04. The molecule has 13 heteroatoms. The summed E-state index contributed by atoms with van der Waals surface area (Å²) in [4.78, 5) is 9.32. The smallest absolute Gasteiger partial charge is 0.191 e. The zero-order valence-electron chi connectivity index (χ0n) is 20.5. The number of aliphatic hydroxyl groups excluding tert-OH is 3. The summed E-state index contributed by atoms with van der Waals surface area (Å²) < 4.78 is 34.3. The van der Waals surface area contributed by atoms with Gasteiger partial charge >= 0.3 is 0 Å². The van der Waals surface area contributed by atoms with Crippen LogP contribution in [0.1, 0.15) is 44.2 Å². The number of anilines is 1. The predicted octanol–water partition coefficient (Wildman–Crippen LogP) is 2.26. The van der Waals surface area contributed by atoms with E-state index in [9.17, 15) is 19.0 Å². The number of benzene rings is 1. The number of aromatic nitrogens is 5. The molecule has 3 unspecified atom stereocenters. The average molecular weight is 537 g/mol. The summed E-state index contributed by atoms with van der Waals surface area (Å²) >= 11 is 1.48. The van der Waals surface area contributed by atoms with Crippen molar-refractivity contribution in [3.63, 3.8) is 0 Å². The van der Waals surface area contributed by atoms with Gasteiger partial charge in [-0.1, -0.05) is 36.9 Å². The highest BCUT2D eigenvalue weighted by Crippen LogP contribution is 2.49. The molecule has 0 saturated heterocycles. The van der Waals surface area contributed by atoms with Crippen LogP contribution in [-0.2, 0) is 4.74 Å².